The van der Waals surface area contributed by atoms with Gasteiger partial charge in [-0.2, -0.15) is 5.10 Å². The Balaban J connectivity index is 1.48. The Bertz CT molecular complexity index is 795. The van der Waals surface area contributed by atoms with Crippen LogP contribution in [-0.4, -0.2) is 41.1 Å². The summed E-state index contributed by atoms with van der Waals surface area (Å²) in [5, 5.41) is 10.9. The lowest BCUT2D eigenvalue weighted by molar-refractivity contribution is -0.119. The summed E-state index contributed by atoms with van der Waals surface area (Å²) in [5.41, 5.74) is 5.63. The monoisotopic (exact) mass is 352 g/mol. The minimum Gasteiger partial charge on any atom is -0.326 e. The van der Waals surface area contributed by atoms with Crippen molar-refractivity contribution >= 4 is 11.6 Å². The predicted octanol–water partition coefficient (Wildman–Crippen LogP) is 3.62. The van der Waals surface area contributed by atoms with E-state index >= 15 is 0 Å². The molecule has 0 aliphatic heterocycles. The van der Waals surface area contributed by atoms with E-state index in [9.17, 15) is 4.79 Å². The van der Waals surface area contributed by atoms with Crippen LogP contribution >= 0.6 is 0 Å². The minimum atomic E-state index is 0.115. The zero-order valence-electron chi connectivity index (χ0n) is 15.7. The van der Waals surface area contributed by atoms with Crippen molar-refractivity contribution in [3.05, 3.63) is 35.5 Å². The molecule has 5 nitrogen and oxygen atoms in total. The molecule has 0 bridgehead atoms. The number of nitrogens with zero attached hydrogens (tertiary/aromatic N) is 2. The Morgan fingerprint density at radius 3 is 2.88 bits per heavy atom. The van der Waals surface area contributed by atoms with Crippen LogP contribution in [0.5, 0.6) is 0 Å². The van der Waals surface area contributed by atoms with Gasteiger partial charge in [0.05, 0.1) is 5.69 Å². The summed E-state index contributed by atoms with van der Waals surface area (Å²) in [4.78, 5) is 14.9. The van der Waals surface area contributed by atoms with Crippen molar-refractivity contribution in [3.63, 3.8) is 0 Å². The number of H-pyrrole nitrogens is 1. The van der Waals surface area contributed by atoms with Gasteiger partial charge in [0.2, 0.25) is 5.91 Å². The van der Waals surface area contributed by atoms with Gasteiger partial charge in [-0.1, -0.05) is 12.1 Å². The van der Waals surface area contributed by atoms with Gasteiger partial charge in [0.15, 0.2) is 0 Å². The van der Waals surface area contributed by atoms with Gasteiger partial charge in [0, 0.05) is 34.5 Å². The fourth-order valence-electron chi connectivity index (χ4n) is 4.37. The van der Waals surface area contributed by atoms with Crippen LogP contribution in [0, 0.1) is 5.92 Å². The van der Waals surface area contributed by atoms with E-state index in [1.807, 2.05) is 12.1 Å². The first-order valence-corrected chi connectivity index (χ1v) is 9.75. The van der Waals surface area contributed by atoms with Gasteiger partial charge in [-0.05, 0) is 71.2 Å². The van der Waals surface area contributed by atoms with Gasteiger partial charge >= 0.3 is 0 Å². The van der Waals surface area contributed by atoms with E-state index in [1.165, 1.54) is 24.1 Å². The normalized spacial score (nSPS) is 22.4. The molecule has 5 heteroatoms. The molecule has 1 amide bonds. The number of aromatic nitrogens is 2. The summed E-state index contributed by atoms with van der Waals surface area (Å²) in [5.74, 6) is 0.264. The van der Waals surface area contributed by atoms with Crippen molar-refractivity contribution < 1.29 is 4.79 Å². The molecule has 0 radical (unpaired) electrons. The fourth-order valence-corrected chi connectivity index (χ4v) is 4.37. The highest BCUT2D eigenvalue weighted by atomic mass is 16.1. The van der Waals surface area contributed by atoms with E-state index in [1.54, 1.807) is 0 Å². The van der Waals surface area contributed by atoms with Crippen LogP contribution in [0.4, 0.5) is 5.69 Å². The molecule has 2 N–H and O–H groups in total. The lowest BCUT2D eigenvalue weighted by Gasteiger charge is -2.18. The highest BCUT2D eigenvalue weighted by molar-refractivity contribution is 5.93. The lowest BCUT2D eigenvalue weighted by atomic mass is 9.93. The average Bonchev–Trinajstić information content (AvgIpc) is 3.29. The number of carbonyl (C=O) groups excluding carboxylic acids is 1. The fraction of sp³-hybridized carbons (Fsp3) is 0.524. The Morgan fingerprint density at radius 2 is 2.08 bits per heavy atom. The summed E-state index contributed by atoms with van der Waals surface area (Å²) in [6.45, 7) is 0. The average molecular weight is 352 g/mol. The molecule has 1 fully saturated rings. The van der Waals surface area contributed by atoms with Crippen molar-refractivity contribution in [2.75, 3.05) is 19.4 Å². The number of hydrogen-bond acceptors (Lipinski definition) is 3. The molecule has 2 aliphatic carbocycles. The van der Waals surface area contributed by atoms with E-state index < -0.39 is 0 Å². The standard InChI is InChI=1S/C21H28N4O/c1-25(2)17-11-10-15(13-17)21(26)22-16-7-5-6-14(12-16)20-18-8-3-4-9-19(18)23-24-20/h5-7,12,15,17H,3-4,8-11,13H2,1-2H3,(H,22,26)(H,23,24)/t15-,17+/m0/s1. The summed E-state index contributed by atoms with van der Waals surface area (Å²) in [6, 6.07) is 8.64. The second-order valence-electron chi connectivity index (χ2n) is 7.93. The number of anilines is 1. The molecule has 1 saturated carbocycles. The van der Waals surface area contributed by atoms with Gasteiger partial charge in [0.25, 0.3) is 0 Å². The van der Waals surface area contributed by atoms with Crippen molar-refractivity contribution in [1.82, 2.24) is 15.1 Å². The first-order chi connectivity index (χ1) is 12.6. The number of rotatable bonds is 4. The van der Waals surface area contributed by atoms with Crippen molar-refractivity contribution in [1.29, 1.82) is 0 Å². The van der Waals surface area contributed by atoms with Gasteiger partial charge < -0.3 is 10.2 Å². The number of benzene rings is 1. The Morgan fingerprint density at radius 1 is 1.23 bits per heavy atom. The maximum atomic E-state index is 12.7. The van der Waals surface area contributed by atoms with Crippen LogP contribution in [0.15, 0.2) is 24.3 Å². The molecule has 1 aromatic carbocycles. The second kappa shape index (κ2) is 7.23. The lowest BCUT2D eigenvalue weighted by Crippen LogP contribution is -2.27. The highest BCUT2D eigenvalue weighted by Crippen LogP contribution is 2.32. The number of aryl methyl sites for hydroxylation is 1. The molecule has 2 aromatic rings. The van der Waals surface area contributed by atoms with Crippen LogP contribution in [0.1, 0.15) is 43.4 Å². The largest absolute Gasteiger partial charge is 0.326 e. The first kappa shape index (κ1) is 17.3. The predicted molar refractivity (Wildman–Crippen MR) is 104 cm³/mol. The SMILES string of the molecule is CN(C)[C@@H]1CC[C@H](C(=O)Nc2cccc(-c3n[nH]c4c3CCCC4)c2)C1. The molecular formula is C21H28N4O. The van der Waals surface area contributed by atoms with E-state index in [0.29, 0.717) is 6.04 Å². The maximum absolute atomic E-state index is 12.7. The third-order valence-corrected chi connectivity index (χ3v) is 5.97. The molecule has 1 aromatic heterocycles. The topological polar surface area (TPSA) is 61.0 Å². The van der Waals surface area contributed by atoms with Crippen LogP contribution < -0.4 is 5.32 Å². The second-order valence-corrected chi connectivity index (χ2v) is 7.93. The van der Waals surface area contributed by atoms with Crippen LogP contribution in [0.3, 0.4) is 0 Å². The Kier molecular flexibility index (Phi) is 4.81. The summed E-state index contributed by atoms with van der Waals surface area (Å²) < 4.78 is 0. The zero-order chi connectivity index (χ0) is 18.1. The molecule has 138 valence electrons. The molecule has 4 rings (SSSR count). The van der Waals surface area contributed by atoms with E-state index in [0.717, 1.165) is 49.0 Å². The molecule has 1 heterocycles. The molecule has 0 unspecified atom stereocenters. The first-order valence-electron chi connectivity index (χ1n) is 9.75. The summed E-state index contributed by atoms with van der Waals surface area (Å²) >= 11 is 0. The number of aromatic amines is 1. The molecule has 2 aliphatic rings. The van der Waals surface area contributed by atoms with Gasteiger partial charge in [0.1, 0.15) is 0 Å². The van der Waals surface area contributed by atoms with E-state index in [2.05, 4.69) is 46.6 Å². The Labute approximate surface area is 155 Å². The third-order valence-electron chi connectivity index (χ3n) is 5.97. The van der Waals surface area contributed by atoms with E-state index in [-0.39, 0.29) is 11.8 Å². The number of nitrogens with one attached hydrogen (secondary N) is 2. The molecule has 0 spiro atoms. The third kappa shape index (κ3) is 3.40. The number of carbonyl (C=O) groups is 1. The van der Waals surface area contributed by atoms with Crippen molar-refractivity contribution in [2.45, 2.75) is 51.0 Å². The van der Waals surface area contributed by atoms with Crippen LogP contribution in [-0.2, 0) is 17.6 Å². The molecular weight excluding hydrogens is 324 g/mol. The maximum Gasteiger partial charge on any atom is 0.227 e. The van der Waals surface area contributed by atoms with Crippen LogP contribution in [0.2, 0.25) is 0 Å². The smallest absolute Gasteiger partial charge is 0.227 e. The van der Waals surface area contributed by atoms with E-state index in [4.69, 9.17) is 0 Å². The number of amides is 1. The molecule has 2 atom stereocenters. The molecule has 26 heavy (non-hydrogen) atoms. The van der Waals surface area contributed by atoms with Gasteiger partial charge in [-0.15, -0.1) is 0 Å². The van der Waals surface area contributed by atoms with Gasteiger partial charge in [-0.3, -0.25) is 9.89 Å². The van der Waals surface area contributed by atoms with Crippen molar-refractivity contribution in [2.24, 2.45) is 5.92 Å². The summed E-state index contributed by atoms with van der Waals surface area (Å²) in [7, 11) is 4.19. The zero-order valence-corrected chi connectivity index (χ0v) is 15.7. The minimum absolute atomic E-state index is 0.115. The van der Waals surface area contributed by atoms with Crippen LogP contribution in [0.25, 0.3) is 11.3 Å². The van der Waals surface area contributed by atoms with Gasteiger partial charge in [-0.25, -0.2) is 0 Å². The summed E-state index contributed by atoms with van der Waals surface area (Å²) in [6.07, 6.45) is 7.67. The van der Waals surface area contributed by atoms with Crippen molar-refractivity contribution in [3.8, 4) is 11.3 Å². The molecule has 0 saturated heterocycles. The quantitative estimate of drug-likeness (QED) is 0.883. The highest BCUT2D eigenvalue weighted by Gasteiger charge is 2.31. The Hall–Kier alpha value is -2.14. The number of fused-ring (bicyclic) bond motifs is 1. The number of hydrogen-bond donors (Lipinski definition) is 2.